The maximum Gasteiger partial charge on any atom is 0.255 e. The van der Waals surface area contributed by atoms with Gasteiger partial charge in [-0.25, -0.2) is 21.6 Å². The maximum atomic E-state index is 12.5. The summed E-state index contributed by atoms with van der Waals surface area (Å²) >= 11 is 0. The topological polar surface area (TPSA) is 148 Å². The quantitative estimate of drug-likeness (QED) is 0.559. The Morgan fingerprint density at radius 2 is 1.90 bits per heavy atom. The predicted octanol–water partition coefficient (Wildman–Crippen LogP) is 1.45. The first-order chi connectivity index (χ1) is 14.7. The molecule has 1 aliphatic rings. The SMILES string of the molecule is O=C(Nc1cccc(-c2nnco2)c1)c1ccc(S(=O)(=O)NC2CCS(=O)(=O)C2)cc1. The van der Waals surface area contributed by atoms with Gasteiger partial charge in [0.05, 0.1) is 16.4 Å². The Balaban J connectivity index is 1.44. The normalized spacial score (nSPS) is 18.0. The van der Waals surface area contributed by atoms with Crippen molar-refractivity contribution in [3.05, 3.63) is 60.5 Å². The summed E-state index contributed by atoms with van der Waals surface area (Å²) in [6, 6.07) is 11.6. The largest absolute Gasteiger partial charge is 0.423 e. The number of anilines is 1. The monoisotopic (exact) mass is 462 g/mol. The molecule has 4 rings (SSSR count). The number of hydrogen-bond acceptors (Lipinski definition) is 8. The van der Waals surface area contributed by atoms with E-state index in [4.69, 9.17) is 4.42 Å². The van der Waals surface area contributed by atoms with E-state index in [0.29, 0.717) is 17.1 Å². The molecule has 12 heteroatoms. The van der Waals surface area contributed by atoms with Crippen molar-refractivity contribution in [1.29, 1.82) is 0 Å². The van der Waals surface area contributed by atoms with Crippen LogP contribution in [0.15, 0.2) is 64.2 Å². The zero-order chi connectivity index (χ0) is 22.1. The average Bonchev–Trinajstić information content (AvgIpc) is 3.38. The lowest BCUT2D eigenvalue weighted by molar-refractivity contribution is 0.102. The van der Waals surface area contributed by atoms with E-state index in [2.05, 4.69) is 20.2 Å². The van der Waals surface area contributed by atoms with Crippen LogP contribution in [-0.2, 0) is 19.9 Å². The summed E-state index contributed by atoms with van der Waals surface area (Å²) in [6.07, 6.45) is 1.45. The molecule has 0 bridgehead atoms. The van der Waals surface area contributed by atoms with Gasteiger partial charge < -0.3 is 9.73 Å². The molecule has 1 atom stereocenters. The number of nitrogens with one attached hydrogen (secondary N) is 2. The zero-order valence-corrected chi connectivity index (χ0v) is 17.7. The Morgan fingerprint density at radius 3 is 2.55 bits per heavy atom. The fourth-order valence-corrected chi connectivity index (χ4v) is 6.24. The minimum Gasteiger partial charge on any atom is -0.423 e. The van der Waals surface area contributed by atoms with Gasteiger partial charge in [-0.05, 0) is 48.9 Å². The van der Waals surface area contributed by atoms with E-state index in [1.807, 2.05) is 0 Å². The summed E-state index contributed by atoms with van der Waals surface area (Å²) in [5.74, 6) is -0.364. The van der Waals surface area contributed by atoms with Gasteiger partial charge in [0.1, 0.15) is 0 Å². The number of carbonyl (C=O) groups excluding carboxylic acids is 1. The van der Waals surface area contributed by atoms with Gasteiger partial charge in [-0.1, -0.05) is 6.07 Å². The second-order valence-corrected chi connectivity index (χ2v) is 11.0. The third-order valence-corrected chi connectivity index (χ3v) is 8.01. The molecule has 162 valence electrons. The van der Waals surface area contributed by atoms with Gasteiger partial charge in [-0.2, -0.15) is 0 Å². The molecule has 0 spiro atoms. The van der Waals surface area contributed by atoms with Crippen molar-refractivity contribution < 1.29 is 26.0 Å². The first kappa shape index (κ1) is 21.2. The van der Waals surface area contributed by atoms with Crippen molar-refractivity contribution >= 4 is 31.5 Å². The van der Waals surface area contributed by atoms with Gasteiger partial charge in [-0.3, -0.25) is 4.79 Å². The van der Waals surface area contributed by atoms with Crippen LogP contribution in [0.1, 0.15) is 16.8 Å². The zero-order valence-electron chi connectivity index (χ0n) is 16.1. The molecule has 0 radical (unpaired) electrons. The van der Waals surface area contributed by atoms with Crippen LogP contribution in [0, 0.1) is 0 Å². The standard InChI is InChI=1S/C19H18N4O6S2/c24-18(21-15-3-1-2-14(10-15)19-22-20-12-29-19)13-4-6-17(7-5-13)31(27,28)23-16-8-9-30(25,26)11-16/h1-7,10,12,16,23H,8-9,11H2,(H,21,24). The number of rotatable bonds is 6. The molecule has 2 N–H and O–H groups in total. The first-order valence-corrected chi connectivity index (χ1v) is 12.5. The Bertz CT molecular complexity index is 1300. The highest BCUT2D eigenvalue weighted by molar-refractivity contribution is 7.92. The van der Waals surface area contributed by atoms with Crippen LogP contribution in [0.2, 0.25) is 0 Å². The number of carbonyl (C=O) groups is 1. The molecule has 1 amide bonds. The summed E-state index contributed by atoms with van der Waals surface area (Å²) in [5, 5.41) is 10.2. The van der Waals surface area contributed by atoms with Crippen LogP contribution in [0.5, 0.6) is 0 Å². The maximum absolute atomic E-state index is 12.5. The molecule has 31 heavy (non-hydrogen) atoms. The third-order valence-electron chi connectivity index (χ3n) is 4.71. The average molecular weight is 463 g/mol. The molecule has 2 aromatic carbocycles. The molecular weight excluding hydrogens is 444 g/mol. The molecule has 1 unspecified atom stereocenters. The van der Waals surface area contributed by atoms with Crippen LogP contribution in [0.25, 0.3) is 11.5 Å². The Labute approximate surface area is 178 Å². The number of sulfonamides is 1. The molecule has 1 saturated heterocycles. The lowest BCUT2D eigenvalue weighted by Gasteiger charge is -2.12. The van der Waals surface area contributed by atoms with Crippen LogP contribution in [0.3, 0.4) is 0 Å². The van der Waals surface area contributed by atoms with E-state index >= 15 is 0 Å². The summed E-state index contributed by atoms with van der Waals surface area (Å²) in [7, 11) is -7.10. The molecule has 3 aromatic rings. The number of sulfone groups is 1. The predicted molar refractivity (Wildman–Crippen MR) is 112 cm³/mol. The van der Waals surface area contributed by atoms with E-state index in [9.17, 15) is 21.6 Å². The van der Waals surface area contributed by atoms with Gasteiger partial charge in [0.2, 0.25) is 22.3 Å². The number of nitrogens with zero attached hydrogens (tertiary/aromatic N) is 2. The summed E-state index contributed by atoms with van der Waals surface area (Å²) < 4.78 is 55.6. The van der Waals surface area contributed by atoms with E-state index in [-0.39, 0.29) is 28.4 Å². The van der Waals surface area contributed by atoms with Crippen LogP contribution >= 0.6 is 0 Å². The number of hydrogen-bond donors (Lipinski definition) is 2. The smallest absolute Gasteiger partial charge is 0.255 e. The number of aromatic nitrogens is 2. The fraction of sp³-hybridized carbons (Fsp3) is 0.211. The third kappa shape index (κ3) is 4.98. The van der Waals surface area contributed by atoms with Gasteiger partial charge in [0, 0.05) is 22.9 Å². The Hall–Kier alpha value is -3.09. The van der Waals surface area contributed by atoms with Crippen molar-refractivity contribution in [2.24, 2.45) is 0 Å². The molecule has 1 aromatic heterocycles. The minimum absolute atomic E-state index is 0.0347. The second-order valence-electron chi connectivity index (χ2n) is 7.02. The van der Waals surface area contributed by atoms with Crippen LogP contribution in [-0.4, -0.2) is 50.5 Å². The lowest BCUT2D eigenvalue weighted by atomic mass is 10.1. The highest BCUT2D eigenvalue weighted by atomic mass is 32.2. The van der Waals surface area contributed by atoms with Crippen molar-refractivity contribution in [1.82, 2.24) is 14.9 Å². The van der Waals surface area contributed by atoms with Crippen molar-refractivity contribution in [3.8, 4) is 11.5 Å². The molecule has 1 aliphatic heterocycles. The molecule has 0 saturated carbocycles. The Kier molecular flexibility index (Phi) is 5.60. The van der Waals surface area contributed by atoms with Crippen molar-refractivity contribution in [3.63, 3.8) is 0 Å². The molecule has 10 nitrogen and oxygen atoms in total. The van der Waals surface area contributed by atoms with Crippen LogP contribution in [0.4, 0.5) is 5.69 Å². The van der Waals surface area contributed by atoms with Crippen molar-refractivity contribution in [2.45, 2.75) is 17.4 Å². The molecular formula is C19H18N4O6S2. The molecule has 1 fully saturated rings. The van der Waals surface area contributed by atoms with Gasteiger partial charge >= 0.3 is 0 Å². The summed E-state index contributed by atoms with van der Waals surface area (Å²) in [5.41, 5.74) is 1.39. The lowest BCUT2D eigenvalue weighted by Crippen LogP contribution is -2.35. The Morgan fingerprint density at radius 1 is 1.13 bits per heavy atom. The summed E-state index contributed by atoms with van der Waals surface area (Å²) in [4.78, 5) is 12.5. The van der Waals surface area contributed by atoms with Crippen molar-refractivity contribution in [2.75, 3.05) is 16.8 Å². The minimum atomic E-state index is -3.90. The van der Waals surface area contributed by atoms with E-state index in [1.165, 1.54) is 30.7 Å². The van der Waals surface area contributed by atoms with Gasteiger partial charge in [-0.15, -0.1) is 10.2 Å². The fourth-order valence-electron chi connectivity index (χ4n) is 3.19. The van der Waals surface area contributed by atoms with E-state index in [1.54, 1.807) is 24.3 Å². The number of benzene rings is 2. The highest BCUT2D eigenvalue weighted by Gasteiger charge is 2.31. The number of amides is 1. The van der Waals surface area contributed by atoms with E-state index < -0.39 is 31.8 Å². The van der Waals surface area contributed by atoms with Crippen LogP contribution < -0.4 is 10.0 Å². The summed E-state index contributed by atoms with van der Waals surface area (Å²) in [6.45, 7) is 0. The van der Waals surface area contributed by atoms with E-state index in [0.717, 1.165) is 0 Å². The molecule has 2 heterocycles. The van der Waals surface area contributed by atoms with Gasteiger partial charge in [0.25, 0.3) is 5.91 Å². The second kappa shape index (κ2) is 8.21. The highest BCUT2D eigenvalue weighted by Crippen LogP contribution is 2.21. The van der Waals surface area contributed by atoms with Gasteiger partial charge in [0.15, 0.2) is 9.84 Å². The first-order valence-electron chi connectivity index (χ1n) is 9.23. The molecule has 0 aliphatic carbocycles.